The van der Waals surface area contributed by atoms with Gasteiger partial charge in [-0.2, -0.15) is 0 Å². The minimum absolute atomic E-state index is 0.0844. The van der Waals surface area contributed by atoms with E-state index < -0.39 is 21.8 Å². The molecule has 0 aromatic heterocycles. The third-order valence-corrected chi connectivity index (χ3v) is 4.93. The van der Waals surface area contributed by atoms with Gasteiger partial charge in [0, 0.05) is 11.6 Å². The van der Waals surface area contributed by atoms with E-state index in [2.05, 4.69) is 4.72 Å². The van der Waals surface area contributed by atoms with Crippen molar-refractivity contribution in [2.45, 2.75) is 51.0 Å². The fourth-order valence-corrected chi connectivity index (χ4v) is 3.67. The van der Waals surface area contributed by atoms with Gasteiger partial charge in [0.25, 0.3) is 0 Å². The van der Waals surface area contributed by atoms with Gasteiger partial charge in [-0.25, -0.2) is 22.3 Å². The Kier molecular flexibility index (Phi) is 5.86. The maximum atomic E-state index is 13.7. The van der Waals surface area contributed by atoms with Gasteiger partial charge in [-0.1, -0.05) is 20.3 Å². The third-order valence-electron chi connectivity index (χ3n) is 3.28. The molecule has 0 fully saturated rings. The van der Waals surface area contributed by atoms with E-state index in [9.17, 15) is 17.6 Å². The van der Waals surface area contributed by atoms with Crippen molar-refractivity contribution in [3.63, 3.8) is 0 Å². The summed E-state index contributed by atoms with van der Waals surface area (Å²) in [6.07, 6.45) is 2.08. The lowest BCUT2D eigenvalue weighted by atomic mass is 10.1. The first kappa shape index (κ1) is 17.6. The molecule has 0 radical (unpaired) electrons. The largest absolute Gasteiger partial charge is 0.478 e. The molecule has 7 heteroatoms. The Morgan fingerprint density at radius 1 is 1.38 bits per heavy atom. The molecule has 0 aliphatic heterocycles. The van der Waals surface area contributed by atoms with Crippen LogP contribution in [-0.2, 0) is 10.0 Å². The lowest BCUT2D eigenvalue weighted by Crippen LogP contribution is -2.34. The average Bonchev–Trinajstić information content (AvgIpc) is 2.40. The van der Waals surface area contributed by atoms with Crippen molar-refractivity contribution >= 4 is 16.0 Å². The smallest absolute Gasteiger partial charge is 0.335 e. The molecule has 1 atom stereocenters. The molecule has 0 spiro atoms. The van der Waals surface area contributed by atoms with Gasteiger partial charge in [0.15, 0.2) is 0 Å². The first-order chi connectivity index (χ1) is 9.72. The van der Waals surface area contributed by atoms with Crippen LogP contribution in [0.25, 0.3) is 0 Å². The summed E-state index contributed by atoms with van der Waals surface area (Å²) in [5.74, 6) is -2.22. The van der Waals surface area contributed by atoms with Crippen LogP contribution in [0.15, 0.2) is 17.0 Å². The number of carbonyl (C=O) groups is 1. The fourth-order valence-electron chi connectivity index (χ4n) is 2.03. The molecule has 0 amide bonds. The highest BCUT2D eigenvalue weighted by Crippen LogP contribution is 2.21. The molecule has 1 unspecified atom stereocenters. The van der Waals surface area contributed by atoms with Crippen LogP contribution in [0.1, 0.15) is 49.0 Å². The minimum Gasteiger partial charge on any atom is -0.478 e. The summed E-state index contributed by atoms with van der Waals surface area (Å²) in [4.78, 5) is 10.6. The molecule has 118 valence electrons. The van der Waals surface area contributed by atoms with Gasteiger partial charge in [0.05, 0.1) is 10.5 Å². The maximum Gasteiger partial charge on any atom is 0.335 e. The molecule has 0 aliphatic rings. The maximum absolute atomic E-state index is 13.7. The number of carboxylic acids is 1. The van der Waals surface area contributed by atoms with Gasteiger partial charge < -0.3 is 5.11 Å². The molecule has 0 saturated carbocycles. The van der Waals surface area contributed by atoms with Crippen LogP contribution < -0.4 is 4.72 Å². The van der Waals surface area contributed by atoms with E-state index >= 15 is 0 Å². The molecule has 0 saturated heterocycles. The van der Waals surface area contributed by atoms with Crippen LogP contribution >= 0.6 is 0 Å². The number of hydrogen-bond donors (Lipinski definition) is 2. The number of hydrogen-bond acceptors (Lipinski definition) is 3. The van der Waals surface area contributed by atoms with E-state index in [-0.39, 0.29) is 22.1 Å². The van der Waals surface area contributed by atoms with Gasteiger partial charge in [0.2, 0.25) is 10.0 Å². The molecule has 1 aromatic carbocycles. The van der Waals surface area contributed by atoms with Gasteiger partial charge in [-0.05, 0) is 31.9 Å². The van der Waals surface area contributed by atoms with Crippen molar-refractivity contribution in [2.75, 3.05) is 0 Å². The van der Waals surface area contributed by atoms with Crippen LogP contribution in [0.3, 0.4) is 0 Å². The number of rotatable bonds is 7. The van der Waals surface area contributed by atoms with E-state index in [0.717, 1.165) is 18.6 Å². The SMILES string of the molecule is CCCC(CC)NS(=O)(=O)c1cc(C(=O)O)cc(F)c1C. The molecule has 2 N–H and O–H groups in total. The molecule has 0 aliphatic carbocycles. The van der Waals surface area contributed by atoms with Gasteiger partial charge in [-0.15, -0.1) is 0 Å². The lowest BCUT2D eigenvalue weighted by Gasteiger charge is -2.17. The number of nitrogens with one attached hydrogen (secondary N) is 1. The Morgan fingerprint density at radius 3 is 2.48 bits per heavy atom. The molecule has 1 aromatic rings. The fraction of sp³-hybridized carbons (Fsp3) is 0.500. The van der Waals surface area contributed by atoms with Crippen molar-refractivity contribution in [1.29, 1.82) is 0 Å². The van der Waals surface area contributed by atoms with E-state index in [4.69, 9.17) is 5.11 Å². The lowest BCUT2D eigenvalue weighted by molar-refractivity contribution is 0.0696. The number of aromatic carboxylic acids is 1. The molecular weight excluding hydrogens is 297 g/mol. The molecule has 5 nitrogen and oxygen atoms in total. The van der Waals surface area contributed by atoms with Gasteiger partial charge >= 0.3 is 5.97 Å². The first-order valence-corrected chi connectivity index (χ1v) is 8.27. The monoisotopic (exact) mass is 317 g/mol. The number of sulfonamides is 1. The van der Waals surface area contributed by atoms with Crippen molar-refractivity contribution in [3.8, 4) is 0 Å². The topological polar surface area (TPSA) is 83.5 Å². The second-order valence-corrected chi connectivity index (χ2v) is 6.58. The van der Waals surface area contributed by atoms with E-state index in [1.165, 1.54) is 6.92 Å². The van der Waals surface area contributed by atoms with Crippen LogP contribution in [-0.4, -0.2) is 25.5 Å². The predicted octanol–water partition coefficient (Wildman–Crippen LogP) is 2.69. The summed E-state index contributed by atoms with van der Waals surface area (Å²) in [6, 6.07) is 1.55. The highest BCUT2D eigenvalue weighted by Gasteiger charge is 2.24. The van der Waals surface area contributed by atoms with Gasteiger partial charge in [-0.3, -0.25) is 0 Å². The summed E-state index contributed by atoms with van der Waals surface area (Å²) in [7, 11) is -3.96. The Labute approximate surface area is 124 Å². The zero-order valence-corrected chi connectivity index (χ0v) is 13.1. The van der Waals surface area contributed by atoms with Crippen LogP contribution in [0.5, 0.6) is 0 Å². The average molecular weight is 317 g/mol. The normalized spacial score (nSPS) is 13.1. The summed E-state index contributed by atoms with van der Waals surface area (Å²) in [5.41, 5.74) is -0.471. The standard InChI is InChI=1S/C14H20FNO4S/c1-4-6-11(5-2)16-21(19,20)13-8-10(14(17)18)7-12(15)9(13)3/h7-8,11,16H,4-6H2,1-3H3,(H,17,18). The molecule has 0 heterocycles. The van der Waals surface area contributed by atoms with E-state index in [1.807, 2.05) is 13.8 Å². The van der Waals surface area contributed by atoms with Crippen LogP contribution in [0.2, 0.25) is 0 Å². The summed E-state index contributed by atoms with van der Waals surface area (Å²) >= 11 is 0. The molecular formula is C14H20FNO4S. The highest BCUT2D eigenvalue weighted by molar-refractivity contribution is 7.89. The van der Waals surface area contributed by atoms with Crippen LogP contribution in [0.4, 0.5) is 4.39 Å². The summed E-state index contributed by atoms with van der Waals surface area (Å²) < 4.78 is 41.0. The second-order valence-electron chi connectivity index (χ2n) is 4.90. The van der Waals surface area contributed by atoms with E-state index in [0.29, 0.717) is 12.8 Å². The molecule has 0 bridgehead atoms. The van der Waals surface area contributed by atoms with E-state index in [1.54, 1.807) is 0 Å². The van der Waals surface area contributed by atoms with Gasteiger partial charge in [0.1, 0.15) is 5.82 Å². The third kappa shape index (κ3) is 4.25. The Bertz CT molecular complexity index is 628. The van der Waals surface area contributed by atoms with Crippen molar-refractivity contribution in [2.24, 2.45) is 0 Å². The highest BCUT2D eigenvalue weighted by atomic mass is 32.2. The Morgan fingerprint density at radius 2 is 2.00 bits per heavy atom. The number of benzene rings is 1. The summed E-state index contributed by atoms with van der Waals surface area (Å²) in [6.45, 7) is 5.10. The number of carboxylic acid groups (broad SMARTS) is 1. The zero-order chi connectivity index (χ0) is 16.2. The van der Waals surface area contributed by atoms with Crippen molar-refractivity contribution in [3.05, 3.63) is 29.1 Å². The molecule has 1 rings (SSSR count). The predicted molar refractivity (Wildman–Crippen MR) is 77.4 cm³/mol. The zero-order valence-electron chi connectivity index (χ0n) is 12.3. The number of halogens is 1. The van der Waals surface area contributed by atoms with Crippen molar-refractivity contribution < 1.29 is 22.7 Å². The van der Waals surface area contributed by atoms with Crippen molar-refractivity contribution in [1.82, 2.24) is 4.72 Å². The first-order valence-electron chi connectivity index (χ1n) is 6.78. The second kappa shape index (κ2) is 7.00. The Hall–Kier alpha value is -1.47. The minimum atomic E-state index is -3.96. The quantitative estimate of drug-likeness (QED) is 0.810. The molecule has 21 heavy (non-hydrogen) atoms. The summed E-state index contributed by atoms with van der Waals surface area (Å²) in [5, 5.41) is 8.92. The van der Waals surface area contributed by atoms with Crippen LogP contribution in [0, 0.1) is 12.7 Å². The Balaban J connectivity index is 3.27.